The molecule has 2 rings (SSSR count). The molecular formula is C18H21F2N3O3. The van der Waals surface area contributed by atoms with E-state index >= 15 is 0 Å². The number of rotatable bonds is 10. The van der Waals surface area contributed by atoms with Crippen molar-refractivity contribution in [2.45, 2.75) is 26.1 Å². The third-order valence-corrected chi connectivity index (χ3v) is 3.51. The first-order valence-corrected chi connectivity index (χ1v) is 8.06. The second-order valence-electron chi connectivity index (χ2n) is 5.43. The van der Waals surface area contributed by atoms with E-state index in [0.717, 1.165) is 11.1 Å². The van der Waals surface area contributed by atoms with Crippen LogP contribution >= 0.6 is 0 Å². The number of hydrogen-bond acceptors (Lipinski definition) is 5. The summed E-state index contributed by atoms with van der Waals surface area (Å²) in [6.07, 6.45) is 3.67. The van der Waals surface area contributed by atoms with Crippen molar-refractivity contribution in [3.63, 3.8) is 0 Å². The van der Waals surface area contributed by atoms with Crippen LogP contribution in [0.3, 0.4) is 0 Å². The van der Waals surface area contributed by atoms with Crippen molar-refractivity contribution in [2.75, 3.05) is 13.7 Å². The summed E-state index contributed by atoms with van der Waals surface area (Å²) in [4.78, 5) is 15.8. The first kappa shape index (κ1) is 19.6. The number of nitrogens with zero attached hydrogens (tertiary/aromatic N) is 1. The maximum Gasteiger partial charge on any atom is 0.387 e. The van der Waals surface area contributed by atoms with Crippen LogP contribution in [0.15, 0.2) is 42.7 Å². The number of nitrogens with one attached hydrogen (secondary N) is 2. The number of hydrogen-bond donors (Lipinski definition) is 2. The summed E-state index contributed by atoms with van der Waals surface area (Å²) in [6.45, 7) is -1.62. The van der Waals surface area contributed by atoms with E-state index in [9.17, 15) is 13.6 Å². The van der Waals surface area contributed by atoms with Gasteiger partial charge in [0.25, 0.3) is 0 Å². The van der Waals surface area contributed by atoms with Crippen molar-refractivity contribution >= 4 is 5.91 Å². The predicted molar refractivity (Wildman–Crippen MR) is 92.0 cm³/mol. The van der Waals surface area contributed by atoms with Gasteiger partial charge in [0.1, 0.15) is 0 Å². The molecule has 140 valence electrons. The molecule has 2 N–H and O–H groups in total. The Morgan fingerprint density at radius 1 is 1.19 bits per heavy atom. The van der Waals surface area contributed by atoms with Crippen LogP contribution in [0, 0.1) is 0 Å². The Labute approximate surface area is 150 Å². The normalized spacial score (nSPS) is 10.6. The molecule has 26 heavy (non-hydrogen) atoms. The van der Waals surface area contributed by atoms with E-state index < -0.39 is 6.61 Å². The predicted octanol–water partition coefficient (Wildman–Crippen LogP) is 2.49. The molecule has 6 nitrogen and oxygen atoms in total. The lowest BCUT2D eigenvalue weighted by Gasteiger charge is -2.12. The van der Waals surface area contributed by atoms with E-state index in [2.05, 4.69) is 20.4 Å². The summed E-state index contributed by atoms with van der Waals surface area (Å²) in [6, 6.07) is 8.49. The van der Waals surface area contributed by atoms with E-state index in [1.165, 1.54) is 13.2 Å². The van der Waals surface area contributed by atoms with Crippen LogP contribution in [0.2, 0.25) is 0 Å². The van der Waals surface area contributed by atoms with Gasteiger partial charge < -0.3 is 20.1 Å². The van der Waals surface area contributed by atoms with Crippen molar-refractivity contribution in [3.05, 3.63) is 53.9 Å². The summed E-state index contributed by atoms with van der Waals surface area (Å²) in [5, 5.41) is 5.90. The molecule has 1 aromatic heterocycles. The van der Waals surface area contributed by atoms with Crippen molar-refractivity contribution in [2.24, 2.45) is 0 Å². The van der Waals surface area contributed by atoms with E-state index in [-0.39, 0.29) is 17.4 Å². The van der Waals surface area contributed by atoms with Crippen LogP contribution in [-0.2, 0) is 17.9 Å². The molecule has 0 aliphatic heterocycles. The van der Waals surface area contributed by atoms with E-state index in [0.29, 0.717) is 26.1 Å². The van der Waals surface area contributed by atoms with Gasteiger partial charge in [-0.3, -0.25) is 9.78 Å². The summed E-state index contributed by atoms with van der Waals surface area (Å²) < 4.78 is 34.3. The highest BCUT2D eigenvalue weighted by Gasteiger charge is 2.11. The molecule has 0 radical (unpaired) electrons. The van der Waals surface area contributed by atoms with Crippen molar-refractivity contribution < 1.29 is 23.0 Å². The Kier molecular flexibility index (Phi) is 7.75. The summed E-state index contributed by atoms with van der Waals surface area (Å²) in [5.74, 6) is 0.137. The van der Waals surface area contributed by atoms with Gasteiger partial charge in [0.2, 0.25) is 5.91 Å². The van der Waals surface area contributed by atoms with E-state index in [1.807, 2.05) is 12.1 Å². The largest absolute Gasteiger partial charge is 0.493 e. The van der Waals surface area contributed by atoms with E-state index in [1.54, 1.807) is 24.5 Å². The van der Waals surface area contributed by atoms with Gasteiger partial charge in [-0.05, 0) is 29.3 Å². The van der Waals surface area contributed by atoms with Gasteiger partial charge in [0.05, 0.1) is 7.11 Å². The van der Waals surface area contributed by atoms with Gasteiger partial charge in [0.15, 0.2) is 11.5 Å². The van der Waals surface area contributed by atoms with Gasteiger partial charge in [-0.15, -0.1) is 0 Å². The molecule has 0 aliphatic carbocycles. The molecule has 1 aromatic carbocycles. The number of methoxy groups -OCH3 is 1. The van der Waals surface area contributed by atoms with Crippen LogP contribution < -0.4 is 20.1 Å². The molecule has 0 aliphatic rings. The van der Waals surface area contributed by atoms with Gasteiger partial charge >= 0.3 is 6.61 Å². The molecule has 0 unspecified atom stereocenters. The average molecular weight is 365 g/mol. The van der Waals surface area contributed by atoms with Gasteiger partial charge in [-0.2, -0.15) is 8.78 Å². The number of amides is 1. The molecule has 1 amide bonds. The fraction of sp³-hybridized carbons (Fsp3) is 0.333. The molecule has 0 saturated carbocycles. The third-order valence-electron chi connectivity index (χ3n) is 3.51. The number of benzene rings is 1. The van der Waals surface area contributed by atoms with Gasteiger partial charge in [-0.1, -0.05) is 12.1 Å². The van der Waals surface area contributed by atoms with Crippen molar-refractivity contribution in [3.8, 4) is 11.5 Å². The lowest BCUT2D eigenvalue weighted by molar-refractivity contribution is -0.121. The Bertz CT molecular complexity index is 699. The minimum Gasteiger partial charge on any atom is -0.493 e. The molecule has 2 aromatic rings. The smallest absolute Gasteiger partial charge is 0.387 e. The van der Waals surface area contributed by atoms with Crippen LogP contribution in [0.25, 0.3) is 0 Å². The Morgan fingerprint density at radius 3 is 2.73 bits per heavy atom. The molecule has 0 saturated heterocycles. The number of ether oxygens (including phenoxy) is 2. The third kappa shape index (κ3) is 6.64. The topological polar surface area (TPSA) is 72.5 Å². The average Bonchev–Trinajstić information content (AvgIpc) is 2.64. The lowest BCUT2D eigenvalue weighted by atomic mass is 10.2. The minimum absolute atomic E-state index is 0.0176. The number of aromatic nitrogens is 1. The SMILES string of the molecule is COc1ccc(CNCCC(=O)NCc2cccnc2)cc1OC(F)F. The molecule has 0 spiro atoms. The zero-order chi connectivity index (χ0) is 18.8. The van der Waals surface area contributed by atoms with Crippen LogP contribution in [-0.4, -0.2) is 31.2 Å². The Balaban J connectivity index is 1.72. The maximum atomic E-state index is 12.4. The molecular weight excluding hydrogens is 344 g/mol. The number of pyridine rings is 1. The second kappa shape index (κ2) is 10.3. The van der Waals surface area contributed by atoms with Crippen LogP contribution in [0.4, 0.5) is 8.78 Å². The number of carbonyl (C=O) groups excluding carboxylic acids is 1. The van der Waals surface area contributed by atoms with Crippen molar-refractivity contribution in [1.29, 1.82) is 0 Å². The lowest BCUT2D eigenvalue weighted by Crippen LogP contribution is -2.27. The fourth-order valence-electron chi connectivity index (χ4n) is 2.25. The molecule has 0 fully saturated rings. The highest BCUT2D eigenvalue weighted by atomic mass is 19.3. The van der Waals surface area contributed by atoms with Gasteiger partial charge in [-0.25, -0.2) is 0 Å². The summed E-state index contributed by atoms with van der Waals surface area (Å²) in [5.41, 5.74) is 1.68. The quantitative estimate of drug-likeness (QED) is 0.633. The zero-order valence-corrected chi connectivity index (χ0v) is 14.4. The van der Waals surface area contributed by atoms with Gasteiger partial charge in [0, 0.05) is 38.4 Å². The molecule has 8 heteroatoms. The highest BCUT2D eigenvalue weighted by Crippen LogP contribution is 2.29. The van der Waals surface area contributed by atoms with E-state index in [4.69, 9.17) is 4.74 Å². The Hall–Kier alpha value is -2.74. The molecule has 0 atom stereocenters. The van der Waals surface area contributed by atoms with Crippen LogP contribution in [0.1, 0.15) is 17.5 Å². The first-order valence-electron chi connectivity index (χ1n) is 8.06. The summed E-state index contributed by atoms with van der Waals surface area (Å²) in [7, 11) is 1.38. The molecule has 1 heterocycles. The molecule has 0 bridgehead atoms. The van der Waals surface area contributed by atoms with Crippen molar-refractivity contribution in [1.82, 2.24) is 15.6 Å². The monoisotopic (exact) mass is 365 g/mol. The number of carbonyl (C=O) groups is 1. The standard InChI is InChI=1S/C18H21F2N3O3/c1-25-15-5-4-13(9-16(15)26-18(19)20)10-22-8-6-17(24)23-12-14-3-2-7-21-11-14/h2-5,7,9,11,18,22H,6,8,10,12H2,1H3,(H,23,24). The Morgan fingerprint density at radius 2 is 2.04 bits per heavy atom. The fourth-order valence-corrected chi connectivity index (χ4v) is 2.25. The second-order valence-corrected chi connectivity index (χ2v) is 5.43. The maximum absolute atomic E-state index is 12.4. The number of alkyl halides is 2. The zero-order valence-electron chi connectivity index (χ0n) is 14.4. The minimum atomic E-state index is -2.92. The summed E-state index contributed by atoms with van der Waals surface area (Å²) >= 11 is 0. The highest BCUT2D eigenvalue weighted by molar-refractivity contribution is 5.76. The van der Waals surface area contributed by atoms with Crippen LogP contribution in [0.5, 0.6) is 11.5 Å². The number of halogens is 2. The first-order chi connectivity index (χ1) is 12.6.